The van der Waals surface area contributed by atoms with Gasteiger partial charge < -0.3 is 19.3 Å². The van der Waals surface area contributed by atoms with Gasteiger partial charge in [0, 0.05) is 23.8 Å². The SMILES string of the molecule is Cc1cc(OCCCS(C)(=O)=O)cc(C)c1-c1cccc([C@H](C)Oc2ccc3c(c2)OC[C@H]3CC(=O)O)c1. The molecule has 8 heteroatoms. The van der Waals surface area contributed by atoms with Crippen LogP contribution in [-0.4, -0.2) is 44.7 Å². The second kappa shape index (κ2) is 11.5. The van der Waals surface area contributed by atoms with Crippen LogP contribution in [0.5, 0.6) is 17.2 Å². The fourth-order valence-corrected chi connectivity index (χ4v) is 5.55. The van der Waals surface area contributed by atoms with E-state index in [1.54, 1.807) is 0 Å². The van der Waals surface area contributed by atoms with Gasteiger partial charge in [0.2, 0.25) is 0 Å². The number of fused-ring (bicyclic) bond motifs is 1. The molecule has 38 heavy (non-hydrogen) atoms. The lowest BCUT2D eigenvalue weighted by Crippen LogP contribution is -2.08. The number of ether oxygens (including phenoxy) is 3. The highest BCUT2D eigenvalue weighted by Gasteiger charge is 2.27. The molecule has 0 saturated carbocycles. The highest BCUT2D eigenvalue weighted by Crippen LogP contribution is 2.39. The van der Waals surface area contributed by atoms with E-state index in [9.17, 15) is 13.2 Å². The lowest BCUT2D eigenvalue weighted by molar-refractivity contribution is -0.137. The first kappa shape index (κ1) is 27.5. The van der Waals surface area contributed by atoms with Gasteiger partial charge in [0.05, 0.1) is 25.4 Å². The van der Waals surface area contributed by atoms with Gasteiger partial charge >= 0.3 is 5.97 Å². The third-order valence-electron chi connectivity index (χ3n) is 6.68. The number of aliphatic carboxylic acids is 1. The summed E-state index contributed by atoms with van der Waals surface area (Å²) in [6, 6.07) is 17.8. The minimum atomic E-state index is -2.99. The summed E-state index contributed by atoms with van der Waals surface area (Å²) in [5.74, 6) is 1.22. The quantitative estimate of drug-likeness (QED) is 0.305. The van der Waals surface area contributed by atoms with E-state index in [2.05, 4.69) is 12.1 Å². The van der Waals surface area contributed by atoms with Crippen LogP contribution in [0.15, 0.2) is 54.6 Å². The van der Waals surface area contributed by atoms with Crippen LogP contribution in [0.3, 0.4) is 0 Å². The Morgan fingerprint density at radius 3 is 2.50 bits per heavy atom. The van der Waals surface area contributed by atoms with E-state index in [4.69, 9.17) is 19.3 Å². The van der Waals surface area contributed by atoms with Gasteiger partial charge in [-0.25, -0.2) is 8.42 Å². The maximum absolute atomic E-state index is 11.3. The number of sulfone groups is 1. The van der Waals surface area contributed by atoms with Gasteiger partial charge in [0.1, 0.15) is 33.2 Å². The monoisotopic (exact) mass is 538 g/mol. The minimum absolute atomic E-state index is 0.0471. The molecule has 3 aromatic rings. The molecule has 4 rings (SSSR count). The Labute approximate surface area is 224 Å². The topological polar surface area (TPSA) is 99.1 Å². The van der Waals surface area contributed by atoms with Crippen molar-refractivity contribution >= 4 is 15.8 Å². The summed E-state index contributed by atoms with van der Waals surface area (Å²) in [6.45, 7) is 6.80. The Hall–Kier alpha value is -3.52. The van der Waals surface area contributed by atoms with Gasteiger partial charge in [-0.15, -0.1) is 0 Å². The van der Waals surface area contributed by atoms with Crippen LogP contribution >= 0.6 is 0 Å². The predicted octanol–water partition coefficient (Wildman–Crippen LogP) is 5.87. The van der Waals surface area contributed by atoms with Crippen molar-refractivity contribution in [3.8, 4) is 28.4 Å². The molecular formula is C30H34O7S. The lowest BCUT2D eigenvalue weighted by atomic mass is 9.93. The summed E-state index contributed by atoms with van der Waals surface area (Å²) in [6.07, 6.45) is 1.51. The molecule has 202 valence electrons. The molecule has 0 fully saturated rings. The molecular weight excluding hydrogens is 504 g/mol. The number of benzene rings is 3. The molecule has 0 saturated heterocycles. The molecule has 7 nitrogen and oxygen atoms in total. The summed E-state index contributed by atoms with van der Waals surface area (Å²) in [4.78, 5) is 11.1. The number of carboxylic acid groups (broad SMARTS) is 1. The number of hydrogen-bond donors (Lipinski definition) is 1. The van der Waals surface area contributed by atoms with Crippen molar-refractivity contribution in [2.24, 2.45) is 0 Å². The van der Waals surface area contributed by atoms with E-state index in [0.29, 0.717) is 31.1 Å². The van der Waals surface area contributed by atoms with Crippen LogP contribution in [-0.2, 0) is 14.6 Å². The van der Waals surface area contributed by atoms with Crippen molar-refractivity contribution in [2.75, 3.05) is 25.2 Å². The van der Waals surface area contributed by atoms with Crippen LogP contribution in [0.1, 0.15) is 54.0 Å². The van der Waals surface area contributed by atoms with Crippen molar-refractivity contribution in [2.45, 2.75) is 45.6 Å². The van der Waals surface area contributed by atoms with Gasteiger partial charge in [-0.05, 0) is 79.3 Å². The zero-order valence-corrected chi connectivity index (χ0v) is 23.0. The Morgan fingerprint density at radius 2 is 1.82 bits per heavy atom. The van der Waals surface area contributed by atoms with Gasteiger partial charge in [0.15, 0.2) is 0 Å². The number of carboxylic acids is 1. The normalized spacial score (nSPS) is 15.4. The maximum atomic E-state index is 11.3. The van der Waals surface area contributed by atoms with Crippen molar-refractivity contribution in [1.29, 1.82) is 0 Å². The molecule has 0 radical (unpaired) electrons. The second-order valence-corrected chi connectivity index (χ2v) is 12.2. The van der Waals surface area contributed by atoms with Crippen LogP contribution in [0.4, 0.5) is 0 Å². The average Bonchev–Trinajstić information content (AvgIpc) is 3.22. The third kappa shape index (κ3) is 6.86. The molecule has 0 aliphatic carbocycles. The molecule has 0 spiro atoms. The molecule has 0 unspecified atom stereocenters. The Kier molecular flexibility index (Phi) is 8.31. The van der Waals surface area contributed by atoms with Gasteiger partial charge in [-0.3, -0.25) is 4.79 Å². The van der Waals surface area contributed by atoms with E-state index in [1.165, 1.54) is 6.26 Å². The molecule has 1 aliphatic heterocycles. The first-order chi connectivity index (χ1) is 18.0. The van der Waals surface area contributed by atoms with Crippen molar-refractivity contribution in [1.82, 2.24) is 0 Å². The van der Waals surface area contributed by atoms with E-state index in [0.717, 1.165) is 39.1 Å². The van der Waals surface area contributed by atoms with Crippen LogP contribution in [0.25, 0.3) is 11.1 Å². The number of aryl methyl sites for hydroxylation is 2. The van der Waals surface area contributed by atoms with Crippen molar-refractivity contribution in [3.05, 3.63) is 76.9 Å². The van der Waals surface area contributed by atoms with Crippen LogP contribution < -0.4 is 14.2 Å². The van der Waals surface area contributed by atoms with E-state index < -0.39 is 15.8 Å². The van der Waals surface area contributed by atoms with Crippen molar-refractivity contribution < 1.29 is 32.5 Å². The summed E-state index contributed by atoms with van der Waals surface area (Å²) in [7, 11) is -2.99. The lowest BCUT2D eigenvalue weighted by Gasteiger charge is -2.18. The maximum Gasteiger partial charge on any atom is 0.304 e. The molecule has 1 aliphatic rings. The fourth-order valence-electron chi connectivity index (χ4n) is 4.90. The zero-order chi connectivity index (χ0) is 27.4. The fraction of sp³-hybridized carbons (Fsp3) is 0.367. The number of carbonyl (C=O) groups is 1. The summed E-state index contributed by atoms with van der Waals surface area (Å²) < 4.78 is 40.4. The summed E-state index contributed by atoms with van der Waals surface area (Å²) in [5.41, 5.74) is 6.26. The highest BCUT2D eigenvalue weighted by molar-refractivity contribution is 7.90. The molecule has 0 amide bonds. The predicted molar refractivity (Wildman–Crippen MR) is 147 cm³/mol. The minimum Gasteiger partial charge on any atom is -0.494 e. The van der Waals surface area contributed by atoms with E-state index >= 15 is 0 Å². The number of rotatable bonds is 11. The summed E-state index contributed by atoms with van der Waals surface area (Å²) in [5, 5.41) is 9.11. The van der Waals surface area contributed by atoms with Gasteiger partial charge in [0.25, 0.3) is 0 Å². The number of hydrogen-bond acceptors (Lipinski definition) is 6. The zero-order valence-electron chi connectivity index (χ0n) is 22.2. The van der Waals surface area contributed by atoms with E-state index in [-0.39, 0.29) is 24.2 Å². The second-order valence-electron chi connectivity index (χ2n) is 9.95. The Bertz CT molecular complexity index is 1410. The first-order valence-corrected chi connectivity index (χ1v) is 14.7. The molecule has 1 heterocycles. The smallest absolute Gasteiger partial charge is 0.304 e. The molecule has 1 N–H and O–H groups in total. The summed E-state index contributed by atoms with van der Waals surface area (Å²) >= 11 is 0. The highest BCUT2D eigenvalue weighted by atomic mass is 32.2. The average molecular weight is 539 g/mol. The van der Waals surface area contributed by atoms with Crippen molar-refractivity contribution in [3.63, 3.8) is 0 Å². The van der Waals surface area contributed by atoms with Crippen LogP contribution in [0, 0.1) is 13.8 Å². The standard InChI is InChI=1S/C30H34O7S/c1-19-13-26(35-11-6-12-38(4,33)34)14-20(2)30(19)23-8-5-7-22(15-23)21(3)37-25-9-10-27-24(16-29(31)32)18-36-28(27)17-25/h5,7-10,13-15,17,21,24H,6,11-12,16,18H2,1-4H3,(H,31,32)/t21-,24+/m0/s1. The third-order valence-corrected chi connectivity index (χ3v) is 7.71. The molecule has 3 aromatic carbocycles. The Morgan fingerprint density at radius 1 is 1.08 bits per heavy atom. The molecule has 0 bridgehead atoms. The Balaban J connectivity index is 1.46. The van der Waals surface area contributed by atoms with Gasteiger partial charge in [-0.1, -0.05) is 24.3 Å². The molecule has 2 atom stereocenters. The van der Waals surface area contributed by atoms with Crippen LogP contribution in [0.2, 0.25) is 0 Å². The first-order valence-electron chi connectivity index (χ1n) is 12.7. The van der Waals surface area contributed by atoms with E-state index in [1.807, 2.05) is 63.2 Å². The van der Waals surface area contributed by atoms with Gasteiger partial charge in [-0.2, -0.15) is 0 Å². The molecule has 0 aromatic heterocycles. The largest absolute Gasteiger partial charge is 0.494 e.